The summed E-state index contributed by atoms with van der Waals surface area (Å²) >= 11 is 0. The number of carbonyl (C=O) groups excluding carboxylic acids is 2. The molecule has 0 radical (unpaired) electrons. The SMILES string of the molecule is Cc1ccc(C)c(N2CCN(C(=O)CN3C(=O)CCc4ccccc43)CC2)c1. The minimum Gasteiger partial charge on any atom is -0.368 e. The fraction of sp³-hybridized carbons (Fsp3) is 0.391. The van der Waals surface area contributed by atoms with E-state index in [1.807, 2.05) is 29.2 Å². The number of fused-ring (bicyclic) bond motifs is 1. The van der Waals surface area contributed by atoms with Crippen LogP contribution >= 0.6 is 0 Å². The molecule has 0 unspecified atom stereocenters. The van der Waals surface area contributed by atoms with Crippen molar-refractivity contribution in [2.75, 3.05) is 42.5 Å². The molecule has 146 valence electrons. The van der Waals surface area contributed by atoms with E-state index >= 15 is 0 Å². The van der Waals surface area contributed by atoms with Gasteiger partial charge in [0, 0.05) is 44.0 Å². The van der Waals surface area contributed by atoms with Crippen molar-refractivity contribution in [1.82, 2.24) is 4.90 Å². The molecule has 2 amide bonds. The zero-order chi connectivity index (χ0) is 19.7. The number of nitrogens with zero attached hydrogens (tertiary/aromatic N) is 3. The molecule has 2 aliphatic rings. The number of hydrogen-bond acceptors (Lipinski definition) is 3. The van der Waals surface area contributed by atoms with Gasteiger partial charge < -0.3 is 14.7 Å². The molecule has 0 bridgehead atoms. The lowest BCUT2D eigenvalue weighted by atomic mass is 10.0. The third kappa shape index (κ3) is 3.61. The standard InChI is InChI=1S/C23H27N3O2/c1-17-7-8-18(2)21(15-17)24-11-13-25(14-12-24)23(28)16-26-20-6-4-3-5-19(20)9-10-22(26)27/h3-8,15H,9-14,16H2,1-2H3. The van der Waals surface area contributed by atoms with Crippen molar-refractivity contribution in [3.8, 4) is 0 Å². The fourth-order valence-corrected chi connectivity index (χ4v) is 4.16. The zero-order valence-corrected chi connectivity index (χ0v) is 16.6. The van der Waals surface area contributed by atoms with Crippen LogP contribution in [0.1, 0.15) is 23.1 Å². The quantitative estimate of drug-likeness (QED) is 0.826. The maximum Gasteiger partial charge on any atom is 0.242 e. The Morgan fingerprint density at radius 3 is 2.46 bits per heavy atom. The Bertz CT molecular complexity index is 900. The molecular formula is C23H27N3O2. The molecular weight excluding hydrogens is 350 g/mol. The first-order valence-electron chi connectivity index (χ1n) is 10.0. The molecule has 0 aromatic heterocycles. The lowest BCUT2D eigenvalue weighted by Gasteiger charge is -2.38. The predicted molar refractivity (Wildman–Crippen MR) is 112 cm³/mol. The number of carbonyl (C=O) groups is 2. The molecule has 4 rings (SSSR count). The van der Waals surface area contributed by atoms with Gasteiger partial charge in [-0.3, -0.25) is 9.59 Å². The van der Waals surface area contributed by atoms with Crippen molar-refractivity contribution < 1.29 is 9.59 Å². The minimum atomic E-state index is 0.0330. The Kier molecular flexibility index (Phi) is 5.07. The summed E-state index contributed by atoms with van der Waals surface area (Å²) in [7, 11) is 0. The highest BCUT2D eigenvalue weighted by Gasteiger charge is 2.29. The number of hydrogen-bond donors (Lipinski definition) is 0. The van der Waals surface area contributed by atoms with E-state index in [1.54, 1.807) is 4.90 Å². The van der Waals surface area contributed by atoms with Gasteiger partial charge in [-0.15, -0.1) is 0 Å². The van der Waals surface area contributed by atoms with Crippen LogP contribution in [0, 0.1) is 13.8 Å². The third-order valence-electron chi connectivity index (χ3n) is 5.82. The molecule has 2 heterocycles. The van der Waals surface area contributed by atoms with Gasteiger partial charge in [0.2, 0.25) is 11.8 Å². The van der Waals surface area contributed by atoms with Crippen LogP contribution in [0.4, 0.5) is 11.4 Å². The molecule has 1 fully saturated rings. The van der Waals surface area contributed by atoms with Gasteiger partial charge in [-0.2, -0.15) is 0 Å². The zero-order valence-electron chi connectivity index (χ0n) is 16.6. The van der Waals surface area contributed by atoms with E-state index in [1.165, 1.54) is 16.8 Å². The normalized spacial score (nSPS) is 16.9. The number of piperazine rings is 1. The van der Waals surface area contributed by atoms with Crippen molar-refractivity contribution in [2.24, 2.45) is 0 Å². The second kappa shape index (κ2) is 7.66. The Hall–Kier alpha value is -2.82. The summed E-state index contributed by atoms with van der Waals surface area (Å²) in [5, 5.41) is 0. The number of anilines is 2. The first-order valence-corrected chi connectivity index (χ1v) is 10.0. The Balaban J connectivity index is 1.41. The lowest BCUT2D eigenvalue weighted by Crippen LogP contribution is -2.52. The summed E-state index contributed by atoms with van der Waals surface area (Å²) in [4.78, 5) is 31.2. The summed E-state index contributed by atoms with van der Waals surface area (Å²) in [6.07, 6.45) is 1.24. The van der Waals surface area contributed by atoms with Crippen LogP contribution in [0.5, 0.6) is 0 Å². The molecule has 5 heteroatoms. The van der Waals surface area contributed by atoms with Crippen molar-refractivity contribution in [3.63, 3.8) is 0 Å². The number of aryl methyl sites for hydroxylation is 3. The summed E-state index contributed by atoms with van der Waals surface area (Å²) < 4.78 is 0. The van der Waals surface area contributed by atoms with Crippen LogP contribution in [-0.2, 0) is 16.0 Å². The summed E-state index contributed by atoms with van der Waals surface area (Å²) in [5.41, 5.74) is 5.81. The highest BCUT2D eigenvalue weighted by molar-refractivity contribution is 6.01. The van der Waals surface area contributed by atoms with E-state index in [2.05, 4.69) is 36.9 Å². The Morgan fingerprint density at radius 1 is 0.929 bits per heavy atom. The maximum atomic E-state index is 12.9. The van der Waals surface area contributed by atoms with Crippen LogP contribution < -0.4 is 9.80 Å². The maximum absolute atomic E-state index is 12.9. The van der Waals surface area contributed by atoms with Crippen LogP contribution in [0.2, 0.25) is 0 Å². The van der Waals surface area contributed by atoms with Crippen LogP contribution in [0.3, 0.4) is 0 Å². The molecule has 2 aromatic carbocycles. The van der Waals surface area contributed by atoms with Gasteiger partial charge in [-0.1, -0.05) is 30.3 Å². The smallest absolute Gasteiger partial charge is 0.242 e. The number of benzene rings is 2. The van der Waals surface area contributed by atoms with E-state index in [9.17, 15) is 9.59 Å². The van der Waals surface area contributed by atoms with Crippen molar-refractivity contribution >= 4 is 23.2 Å². The predicted octanol–water partition coefficient (Wildman–Crippen LogP) is 2.93. The van der Waals surface area contributed by atoms with Gasteiger partial charge in [-0.25, -0.2) is 0 Å². The van der Waals surface area contributed by atoms with E-state index in [4.69, 9.17) is 0 Å². The van der Waals surface area contributed by atoms with Gasteiger partial charge in [0.15, 0.2) is 0 Å². The summed E-state index contributed by atoms with van der Waals surface area (Å²) in [6, 6.07) is 14.4. The van der Waals surface area contributed by atoms with Gasteiger partial charge >= 0.3 is 0 Å². The largest absolute Gasteiger partial charge is 0.368 e. The molecule has 0 aliphatic carbocycles. The van der Waals surface area contributed by atoms with Crippen molar-refractivity contribution in [1.29, 1.82) is 0 Å². The molecule has 0 spiro atoms. The van der Waals surface area contributed by atoms with Gasteiger partial charge in [0.1, 0.15) is 6.54 Å². The third-order valence-corrected chi connectivity index (χ3v) is 5.82. The van der Waals surface area contributed by atoms with Gasteiger partial charge in [0.05, 0.1) is 0 Å². The second-order valence-electron chi connectivity index (χ2n) is 7.77. The van der Waals surface area contributed by atoms with Crippen molar-refractivity contribution in [3.05, 3.63) is 59.2 Å². The molecule has 5 nitrogen and oxygen atoms in total. The first-order chi connectivity index (χ1) is 13.5. The van der Waals surface area contributed by atoms with Gasteiger partial charge in [0.25, 0.3) is 0 Å². The first kappa shape index (κ1) is 18.5. The summed E-state index contributed by atoms with van der Waals surface area (Å²) in [5.74, 6) is 0.0757. The fourth-order valence-electron chi connectivity index (χ4n) is 4.16. The van der Waals surface area contributed by atoms with E-state index in [-0.39, 0.29) is 18.4 Å². The highest BCUT2D eigenvalue weighted by atomic mass is 16.2. The van der Waals surface area contributed by atoms with Crippen LogP contribution in [0.15, 0.2) is 42.5 Å². The average Bonchev–Trinajstić information content (AvgIpc) is 2.72. The molecule has 0 N–H and O–H groups in total. The van der Waals surface area contributed by atoms with Crippen LogP contribution in [-0.4, -0.2) is 49.4 Å². The summed E-state index contributed by atoms with van der Waals surface area (Å²) in [6.45, 7) is 7.40. The topological polar surface area (TPSA) is 43.9 Å². The second-order valence-corrected chi connectivity index (χ2v) is 7.77. The molecule has 2 aliphatic heterocycles. The van der Waals surface area contributed by atoms with Crippen LogP contribution in [0.25, 0.3) is 0 Å². The number of rotatable bonds is 3. The molecule has 1 saturated heterocycles. The lowest BCUT2D eigenvalue weighted by molar-refractivity contribution is -0.131. The molecule has 2 aromatic rings. The van der Waals surface area contributed by atoms with Gasteiger partial charge in [-0.05, 0) is 49.1 Å². The molecule has 0 saturated carbocycles. The highest BCUT2D eigenvalue weighted by Crippen LogP contribution is 2.28. The van der Waals surface area contributed by atoms with E-state index in [0.717, 1.165) is 30.8 Å². The minimum absolute atomic E-state index is 0.0330. The average molecular weight is 377 g/mol. The molecule has 28 heavy (non-hydrogen) atoms. The van der Waals surface area contributed by atoms with E-state index in [0.29, 0.717) is 19.5 Å². The Morgan fingerprint density at radius 2 is 1.68 bits per heavy atom. The van der Waals surface area contributed by atoms with E-state index < -0.39 is 0 Å². The number of amides is 2. The Labute approximate surface area is 166 Å². The monoisotopic (exact) mass is 377 g/mol. The number of para-hydroxylation sites is 1. The van der Waals surface area contributed by atoms with Crippen molar-refractivity contribution in [2.45, 2.75) is 26.7 Å². The molecule has 0 atom stereocenters.